The van der Waals surface area contributed by atoms with Gasteiger partial charge in [0, 0.05) is 19.2 Å². The van der Waals surface area contributed by atoms with E-state index < -0.39 is 17.1 Å². The second-order valence-corrected chi connectivity index (χ2v) is 5.75. The third-order valence-electron chi connectivity index (χ3n) is 4.26. The molecule has 0 radical (unpaired) electrons. The van der Waals surface area contributed by atoms with Gasteiger partial charge < -0.3 is 19.3 Å². The lowest BCUT2D eigenvalue weighted by Gasteiger charge is -2.44. The molecule has 7 nitrogen and oxygen atoms in total. The molecule has 0 saturated carbocycles. The van der Waals surface area contributed by atoms with Gasteiger partial charge >= 0.3 is 0 Å². The minimum atomic E-state index is -0.772. The van der Waals surface area contributed by atoms with Crippen molar-refractivity contribution < 1.29 is 19.4 Å². The van der Waals surface area contributed by atoms with Crippen molar-refractivity contribution in [1.29, 1.82) is 0 Å². The number of pyridine rings is 1. The van der Waals surface area contributed by atoms with Gasteiger partial charge in [0.05, 0.1) is 30.9 Å². The van der Waals surface area contributed by atoms with E-state index in [9.17, 15) is 19.5 Å². The predicted octanol–water partition coefficient (Wildman–Crippen LogP) is 0.390. The van der Waals surface area contributed by atoms with Gasteiger partial charge in [-0.3, -0.25) is 14.4 Å². The van der Waals surface area contributed by atoms with Gasteiger partial charge in [-0.1, -0.05) is 6.92 Å². The summed E-state index contributed by atoms with van der Waals surface area (Å²) in [6.07, 6.45) is 1.55. The van der Waals surface area contributed by atoms with Crippen molar-refractivity contribution in [2.45, 2.75) is 38.9 Å². The van der Waals surface area contributed by atoms with Crippen LogP contribution in [0.4, 0.5) is 0 Å². The van der Waals surface area contributed by atoms with E-state index in [4.69, 9.17) is 4.74 Å². The molecule has 118 valence electrons. The van der Waals surface area contributed by atoms with Gasteiger partial charge in [0.25, 0.3) is 5.91 Å². The van der Waals surface area contributed by atoms with Gasteiger partial charge in [0.15, 0.2) is 17.2 Å². The third kappa shape index (κ3) is 2.04. The van der Waals surface area contributed by atoms with Gasteiger partial charge in [-0.05, 0) is 6.92 Å². The lowest BCUT2D eigenvalue weighted by Crippen LogP contribution is -2.58. The predicted molar refractivity (Wildman–Crippen MR) is 77.2 cm³/mol. The molecule has 1 saturated heterocycles. The molecule has 22 heavy (non-hydrogen) atoms. The van der Waals surface area contributed by atoms with E-state index in [-0.39, 0.29) is 35.5 Å². The Morgan fingerprint density at radius 1 is 1.41 bits per heavy atom. The number of rotatable bonds is 2. The van der Waals surface area contributed by atoms with Crippen LogP contribution in [0, 0.1) is 0 Å². The minimum Gasteiger partial charge on any atom is -0.503 e. The maximum atomic E-state index is 12.7. The van der Waals surface area contributed by atoms with Crippen molar-refractivity contribution in [2.24, 2.45) is 0 Å². The van der Waals surface area contributed by atoms with Crippen molar-refractivity contribution in [3.8, 4) is 5.75 Å². The van der Waals surface area contributed by atoms with E-state index >= 15 is 0 Å². The molecule has 3 rings (SSSR count). The molecule has 2 aliphatic heterocycles. The highest BCUT2D eigenvalue weighted by Gasteiger charge is 2.40. The number of aromatic hydroxyl groups is 1. The first-order chi connectivity index (χ1) is 10.5. The minimum absolute atomic E-state index is 0.0392. The summed E-state index contributed by atoms with van der Waals surface area (Å²) < 4.78 is 6.97. The first-order valence-electron chi connectivity index (χ1n) is 7.35. The van der Waals surface area contributed by atoms with Crippen molar-refractivity contribution in [2.75, 3.05) is 13.2 Å². The molecule has 3 heterocycles. The maximum Gasteiger partial charge on any atom is 0.275 e. The number of ketones is 1. The van der Waals surface area contributed by atoms with Gasteiger partial charge in [-0.2, -0.15) is 0 Å². The number of carbonyl (C=O) groups is 2. The number of aromatic nitrogens is 1. The Morgan fingerprint density at radius 2 is 2.14 bits per heavy atom. The summed E-state index contributed by atoms with van der Waals surface area (Å²) in [5.74, 6) is -1.38. The number of Topliss-reactive ketones (excluding diaryl/α,β-unsaturated/α-hetero) is 1. The number of hydrogen-bond acceptors (Lipinski definition) is 5. The lowest BCUT2D eigenvalue weighted by atomic mass is 10.0. The maximum absolute atomic E-state index is 12.7. The van der Waals surface area contributed by atoms with E-state index in [0.29, 0.717) is 19.8 Å². The zero-order valence-corrected chi connectivity index (χ0v) is 12.5. The Labute approximate surface area is 127 Å². The van der Waals surface area contributed by atoms with E-state index in [1.165, 1.54) is 10.8 Å². The number of nitrogens with zero attached hydrogens (tertiary/aromatic N) is 2. The molecule has 2 atom stereocenters. The molecule has 0 spiro atoms. The number of hydrogen-bond donors (Lipinski definition) is 1. The van der Waals surface area contributed by atoms with Crippen molar-refractivity contribution in [3.63, 3.8) is 0 Å². The second kappa shape index (κ2) is 5.24. The lowest BCUT2D eigenvalue weighted by molar-refractivity contribution is -0.0416. The van der Waals surface area contributed by atoms with Gasteiger partial charge in [0.1, 0.15) is 0 Å². The van der Waals surface area contributed by atoms with Crippen LogP contribution < -0.4 is 5.43 Å². The monoisotopic (exact) mass is 306 g/mol. The van der Waals surface area contributed by atoms with Gasteiger partial charge in [0.2, 0.25) is 5.43 Å². The summed E-state index contributed by atoms with van der Waals surface area (Å²) in [6.45, 7) is 4.73. The molecule has 0 aliphatic carbocycles. The highest BCUT2D eigenvalue weighted by atomic mass is 16.5. The summed E-state index contributed by atoms with van der Waals surface area (Å²) in [4.78, 5) is 38.3. The van der Waals surface area contributed by atoms with E-state index in [2.05, 4.69) is 0 Å². The normalized spacial score (nSPS) is 23.9. The van der Waals surface area contributed by atoms with Crippen LogP contribution in [0.3, 0.4) is 0 Å². The summed E-state index contributed by atoms with van der Waals surface area (Å²) >= 11 is 0. The summed E-state index contributed by atoms with van der Waals surface area (Å²) in [5, 5.41) is 10.2. The summed E-state index contributed by atoms with van der Waals surface area (Å²) in [7, 11) is 0. The average Bonchev–Trinajstić information content (AvgIpc) is 2.49. The van der Waals surface area contributed by atoms with Crippen molar-refractivity contribution in [3.05, 3.63) is 27.7 Å². The van der Waals surface area contributed by atoms with E-state index in [0.717, 1.165) is 0 Å². The Morgan fingerprint density at radius 3 is 2.82 bits per heavy atom. The molecule has 1 amide bonds. The molecule has 7 heteroatoms. The number of ether oxygens (including phenoxy) is 1. The Balaban J connectivity index is 2.15. The van der Waals surface area contributed by atoms with Crippen LogP contribution in [-0.4, -0.2) is 51.6 Å². The number of morpholine rings is 1. The molecule has 0 unspecified atom stereocenters. The molecule has 1 fully saturated rings. The highest BCUT2D eigenvalue weighted by molar-refractivity contribution is 6.00. The van der Waals surface area contributed by atoms with Crippen molar-refractivity contribution >= 4 is 11.7 Å². The van der Waals surface area contributed by atoms with Crippen LogP contribution >= 0.6 is 0 Å². The van der Waals surface area contributed by atoms with Gasteiger partial charge in [-0.25, -0.2) is 0 Å². The molecule has 0 aromatic carbocycles. The molecular formula is C15H18N2O5. The van der Waals surface area contributed by atoms with Crippen LogP contribution in [0.15, 0.2) is 11.0 Å². The Bertz CT molecular complexity index is 709. The second-order valence-electron chi connectivity index (χ2n) is 5.75. The van der Waals surface area contributed by atoms with Gasteiger partial charge in [-0.15, -0.1) is 0 Å². The van der Waals surface area contributed by atoms with Crippen LogP contribution in [0.2, 0.25) is 0 Å². The molecular weight excluding hydrogens is 288 g/mol. The summed E-state index contributed by atoms with van der Waals surface area (Å²) in [6, 6.07) is -0.276. The average molecular weight is 306 g/mol. The number of amides is 1. The first-order valence-corrected chi connectivity index (χ1v) is 7.35. The fourth-order valence-corrected chi connectivity index (χ4v) is 3.16. The fourth-order valence-electron chi connectivity index (χ4n) is 3.16. The van der Waals surface area contributed by atoms with Crippen LogP contribution in [-0.2, 0) is 11.3 Å². The zero-order chi connectivity index (χ0) is 16.0. The molecule has 2 aliphatic rings. The van der Waals surface area contributed by atoms with Crippen LogP contribution in [0.5, 0.6) is 5.75 Å². The fraction of sp³-hybridized carbons (Fsp3) is 0.533. The smallest absolute Gasteiger partial charge is 0.275 e. The van der Waals surface area contributed by atoms with Crippen molar-refractivity contribution in [1.82, 2.24) is 9.47 Å². The number of fused-ring (bicyclic) bond motifs is 2. The largest absolute Gasteiger partial charge is 0.503 e. The highest BCUT2D eigenvalue weighted by Crippen LogP contribution is 2.27. The third-order valence-corrected chi connectivity index (χ3v) is 4.26. The first kappa shape index (κ1) is 14.8. The standard InChI is InChI=1S/C15H18N2O5/c1-3-11(18)10-5-16-4-9-7-22-6-8(2)17(9)15(21)12(16)14(20)13(10)19/h5,8-9,20H,3-4,6-7H2,1-2H3/t8-,9-/m1/s1. The van der Waals surface area contributed by atoms with Crippen LogP contribution in [0.1, 0.15) is 41.1 Å². The zero-order valence-electron chi connectivity index (χ0n) is 12.5. The quantitative estimate of drug-likeness (QED) is 0.798. The summed E-state index contributed by atoms with van der Waals surface area (Å²) in [5.41, 5.74) is -0.886. The molecule has 1 N–H and O–H groups in total. The molecule has 1 aromatic rings. The topological polar surface area (TPSA) is 88.8 Å². The van der Waals surface area contributed by atoms with E-state index in [1.54, 1.807) is 11.8 Å². The molecule has 0 bridgehead atoms. The Hall–Kier alpha value is -2.15. The Kier molecular flexibility index (Phi) is 3.52. The SMILES string of the molecule is CCC(=O)c1cn2c(c(O)c1=O)C(=O)N1[C@@H](COC[C@H]1C)C2. The molecule has 1 aromatic heterocycles. The van der Waals surface area contributed by atoms with Crippen LogP contribution in [0.25, 0.3) is 0 Å². The number of carbonyl (C=O) groups excluding carboxylic acids is 2. The van der Waals surface area contributed by atoms with E-state index in [1.807, 2.05) is 6.92 Å².